The van der Waals surface area contributed by atoms with E-state index in [1.54, 1.807) is 13.8 Å². The second-order valence-corrected chi connectivity index (χ2v) is 5.56. The first-order valence-electron chi connectivity index (χ1n) is 6.91. The zero-order valence-corrected chi connectivity index (χ0v) is 13.5. The number of aryl methyl sites for hydroxylation is 2. The molecule has 0 radical (unpaired) electrons. The first-order chi connectivity index (χ1) is 10.5. The fraction of sp³-hybridized carbons (Fsp3) is 0.429. The van der Waals surface area contributed by atoms with Crippen molar-refractivity contribution in [1.29, 1.82) is 0 Å². The Labute approximate surface area is 130 Å². The highest BCUT2D eigenvalue weighted by Crippen LogP contribution is 2.26. The Kier molecular flexibility index (Phi) is 4.92. The summed E-state index contributed by atoms with van der Waals surface area (Å²) in [5.41, 5.74) is 0.423. The highest BCUT2D eigenvalue weighted by atomic mass is 32.1. The number of hydrogen-bond acceptors (Lipinski definition) is 6. The zero-order valence-electron chi connectivity index (χ0n) is 12.6. The molecule has 22 heavy (non-hydrogen) atoms. The van der Waals surface area contributed by atoms with Crippen molar-refractivity contribution in [3.05, 3.63) is 27.1 Å². The molecular weight excluding hydrogens is 306 g/mol. The van der Waals surface area contributed by atoms with Gasteiger partial charge < -0.3 is 10.1 Å². The Balaban J connectivity index is 2.31. The second kappa shape index (κ2) is 6.69. The molecule has 7 nitrogen and oxygen atoms in total. The van der Waals surface area contributed by atoms with Crippen LogP contribution in [0, 0.1) is 6.92 Å². The molecule has 0 bridgehead atoms. The van der Waals surface area contributed by atoms with Crippen LogP contribution >= 0.6 is 11.3 Å². The Hall–Kier alpha value is -2.22. The van der Waals surface area contributed by atoms with Crippen LogP contribution in [0.2, 0.25) is 0 Å². The average Bonchev–Trinajstić information content (AvgIpc) is 2.83. The zero-order chi connectivity index (χ0) is 16.3. The molecule has 0 aromatic carbocycles. The lowest BCUT2D eigenvalue weighted by atomic mass is 10.2. The summed E-state index contributed by atoms with van der Waals surface area (Å²) in [6.07, 6.45) is 1.47. The minimum atomic E-state index is -0.499. The van der Waals surface area contributed by atoms with Gasteiger partial charge in [-0.05, 0) is 26.3 Å². The third-order valence-corrected chi connectivity index (χ3v) is 4.36. The van der Waals surface area contributed by atoms with E-state index < -0.39 is 11.9 Å². The van der Waals surface area contributed by atoms with E-state index in [2.05, 4.69) is 10.3 Å². The minimum absolute atomic E-state index is 0.161. The van der Waals surface area contributed by atoms with Crippen LogP contribution in [0.3, 0.4) is 0 Å². The van der Waals surface area contributed by atoms with Gasteiger partial charge in [0.25, 0.3) is 11.5 Å². The molecule has 0 fully saturated rings. The number of amides is 1. The van der Waals surface area contributed by atoms with Crippen molar-refractivity contribution < 1.29 is 14.3 Å². The summed E-state index contributed by atoms with van der Waals surface area (Å²) in [6, 6.07) is 0. The number of esters is 1. The number of carbonyl (C=O) groups is 2. The Morgan fingerprint density at radius 3 is 2.77 bits per heavy atom. The molecule has 8 heteroatoms. The van der Waals surface area contributed by atoms with Gasteiger partial charge in [-0.1, -0.05) is 0 Å². The summed E-state index contributed by atoms with van der Waals surface area (Å²) < 4.78 is 6.24. The number of hydrogen-bond donors (Lipinski definition) is 1. The van der Waals surface area contributed by atoms with E-state index in [-0.39, 0.29) is 18.7 Å². The third-order valence-electron chi connectivity index (χ3n) is 3.16. The number of carbonyl (C=O) groups excluding carboxylic acids is 2. The molecule has 0 aliphatic rings. The monoisotopic (exact) mass is 323 g/mol. The van der Waals surface area contributed by atoms with Gasteiger partial charge in [0.15, 0.2) is 0 Å². The molecule has 0 aliphatic heterocycles. The van der Waals surface area contributed by atoms with Crippen LogP contribution in [-0.4, -0.2) is 34.6 Å². The maximum absolute atomic E-state index is 12.3. The smallest absolute Gasteiger partial charge is 0.325 e. The van der Waals surface area contributed by atoms with Crippen LogP contribution in [0.25, 0.3) is 10.2 Å². The van der Waals surface area contributed by atoms with Gasteiger partial charge in [0, 0.05) is 6.54 Å². The van der Waals surface area contributed by atoms with Gasteiger partial charge in [0.1, 0.15) is 11.4 Å². The topological polar surface area (TPSA) is 90.3 Å². The van der Waals surface area contributed by atoms with E-state index in [0.717, 1.165) is 11.3 Å². The molecule has 0 aliphatic carbocycles. The summed E-state index contributed by atoms with van der Waals surface area (Å²) in [5, 5.41) is 2.95. The van der Waals surface area contributed by atoms with E-state index >= 15 is 0 Å². The number of thiophene rings is 1. The Morgan fingerprint density at radius 2 is 2.14 bits per heavy atom. The predicted molar refractivity (Wildman–Crippen MR) is 83.3 cm³/mol. The van der Waals surface area contributed by atoms with Gasteiger partial charge >= 0.3 is 5.97 Å². The third kappa shape index (κ3) is 3.01. The molecule has 2 heterocycles. The van der Waals surface area contributed by atoms with Crippen molar-refractivity contribution in [3.63, 3.8) is 0 Å². The van der Waals surface area contributed by atoms with Gasteiger partial charge in [-0.3, -0.25) is 19.0 Å². The molecule has 2 rings (SSSR count). The van der Waals surface area contributed by atoms with E-state index in [4.69, 9.17) is 4.74 Å². The van der Waals surface area contributed by atoms with Gasteiger partial charge in [-0.15, -0.1) is 11.3 Å². The standard InChI is InChI=1S/C14H17N3O4S/c1-4-17-7-16-13-10(14(17)20)8(3)11(22-13)12(19)15-6-9(18)21-5-2/h7H,4-6H2,1-3H3,(H,15,19). The van der Waals surface area contributed by atoms with Crippen LogP contribution in [0.1, 0.15) is 29.1 Å². The van der Waals surface area contributed by atoms with Crippen molar-refractivity contribution in [1.82, 2.24) is 14.9 Å². The largest absolute Gasteiger partial charge is 0.465 e. The lowest BCUT2D eigenvalue weighted by Crippen LogP contribution is -2.30. The molecule has 2 aromatic heterocycles. The molecule has 0 saturated carbocycles. The summed E-state index contributed by atoms with van der Waals surface area (Å²) in [4.78, 5) is 40.8. The predicted octanol–water partition coefficient (Wildman–Crippen LogP) is 1.08. The minimum Gasteiger partial charge on any atom is -0.465 e. The van der Waals surface area contributed by atoms with E-state index in [1.165, 1.54) is 10.9 Å². The van der Waals surface area contributed by atoms with Crippen LogP contribution in [0.5, 0.6) is 0 Å². The molecule has 0 spiro atoms. The highest BCUT2D eigenvalue weighted by Gasteiger charge is 2.19. The number of nitrogens with one attached hydrogen (secondary N) is 1. The average molecular weight is 323 g/mol. The van der Waals surface area contributed by atoms with Gasteiger partial charge in [-0.2, -0.15) is 0 Å². The van der Waals surface area contributed by atoms with E-state index in [0.29, 0.717) is 27.2 Å². The number of nitrogens with zero attached hydrogens (tertiary/aromatic N) is 2. The first kappa shape index (κ1) is 16.2. The summed E-state index contributed by atoms with van der Waals surface area (Å²) >= 11 is 1.14. The Morgan fingerprint density at radius 1 is 1.41 bits per heavy atom. The molecular formula is C14H17N3O4S. The maximum Gasteiger partial charge on any atom is 0.325 e. The number of rotatable bonds is 5. The normalized spacial score (nSPS) is 10.7. The second-order valence-electron chi connectivity index (χ2n) is 4.56. The van der Waals surface area contributed by atoms with Gasteiger partial charge in [0.2, 0.25) is 0 Å². The number of ether oxygens (including phenoxy) is 1. The molecule has 1 amide bonds. The van der Waals surface area contributed by atoms with Crippen molar-refractivity contribution in [2.24, 2.45) is 0 Å². The van der Waals surface area contributed by atoms with E-state index in [1.807, 2.05) is 6.92 Å². The molecule has 0 atom stereocenters. The van der Waals surface area contributed by atoms with Crippen molar-refractivity contribution in [3.8, 4) is 0 Å². The first-order valence-corrected chi connectivity index (χ1v) is 7.73. The van der Waals surface area contributed by atoms with Gasteiger partial charge in [0.05, 0.1) is 23.2 Å². The molecule has 0 unspecified atom stereocenters. The van der Waals surface area contributed by atoms with Crippen LogP contribution in [0.15, 0.2) is 11.1 Å². The van der Waals surface area contributed by atoms with Crippen molar-refractivity contribution in [2.45, 2.75) is 27.3 Å². The molecule has 0 saturated heterocycles. The fourth-order valence-corrected chi connectivity index (χ4v) is 3.10. The lowest BCUT2D eigenvalue weighted by Gasteiger charge is -2.04. The molecule has 2 aromatic rings. The number of aromatic nitrogens is 2. The van der Waals surface area contributed by atoms with Gasteiger partial charge in [-0.25, -0.2) is 4.98 Å². The number of fused-ring (bicyclic) bond motifs is 1. The van der Waals surface area contributed by atoms with Crippen molar-refractivity contribution >= 4 is 33.4 Å². The summed E-state index contributed by atoms with van der Waals surface area (Å²) in [6.45, 7) is 5.83. The quantitative estimate of drug-likeness (QED) is 0.832. The Bertz CT molecular complexity index is 778. The van der Waals surface area contributed by atoms with Crippen LogP contribution < -0.4 is 10.9 Å². The SMILES string of the molecule is CCOC(=O)CNC(=O)c1sc2ncn(CC)c(=O)c2c1C. The molecule has 1 N–H and O–H groups in total. The van der Waals surface area contributed by atoms with Crippen LogP contribution in [0.4, 0.5) is 0 Å². The van der Waals surface area contributed by atoms with Crippen LogP contribution in [-0.2, 0) is 16.1 Å². The van der Waals surface area contributed by atoms with Crippen molar-refractivity contribution in [2.75, 3.05) is 13.2 Å². The van der Waals surface area contributed by atoms with E-state index in [9.17, 15) is 14.4 Å². The lowest BCUT2D eigenvalue weighted by molar-refractivity contribution is -0.141. The summed E-state index contributed by atoms with van der Waals surface area (Å²) in [7, 11) is 0. The summed E-state index contributed by atoms with van der Waals surface area (Å²) in [5.74, 6) is -0.905. The highest BCUT2D eigenvalue weighted by molar-refractivity contribution is 7.20. The maximum atomic E-state index is 12.3. The fourth-order valence-electron chi connectivity index (χ4n) is 2.05. The molecule has 118 valence electrons.